The molecule has 13 heavy (non-hydrogen) atoms. The highest BCUT2D eigenvalue weighted by Gasteiger charge is 2.19. The Morgan fingerprint density at radius 3 is 3.23 bits per heavy atom. The third-order valence-corrected chi connectivity index (χ3v) is 2.43. The van der Waals surface area contributed by atoms with Crippen LogP contribution in [-0.2, 0) is 0 Å². The zero-order chi connectivity index (χ0) is 9.10. The number of hydrogen-bond acceptors (Lipinski definition) is 3. The first-order valence-electron chi connectivity index (χ1n) is 4.64. The first-order valence-corrected chi connectivity index (χ1v) is 4.64. The van der Waals surface area contributed by atoms with Crippen molar-refractivity contribution < 1.29 is 4.74 Å². The third kappa shape index (κ3) is 1.65. The molecule has 70 valence electrons. The Labute approximate surface area is 78.1 Å². The molecule has 1 fully saturated rings. The van der Waals surface area contributed by atoms with Gasteiger partial charge in [0.2, 0.25) is 5.88 Å². The zero-order valence-electron chi connectivity index (χ0n) is 7.79. The normalized spacial score (nSPS) is 21.8. The molecule has 2 rings (SSSR count). The predicted octanol–water partition coefficient (Wildman–Crippen LogP) is 1.51. The van der Waals surface area contributed by atoms with E-state index in [1.807, 2.05) is 6.07 Å². The quantitative estimate of drug-likeness (QED) is 0.745. The van der Waals surface area contributed by atoms with Gasteiger partial charge in [-0.3, -0.25) is 0 Å². The molecule has 0 saturated carbocycles. The highest BCUT2D eigenvalue weighted by atomic mass is 16.5. The number of rotatable bonds is 2. The fourth-order valence-corrected chi connectivity index (χ4v) is 1.79. The Balaban J connectivity index is 2.26. The second-order valence-electron chi connectivity index (χ2n) is 3.25. The number of pyridine rings is 1. The molecule has 1 aromatic heterocycles. The molecule has 1 atom stereocenters. The Bertz CT molecular complexity index is 282. The van der Waals surface area contributed by atoms with E-state index < -0.39 is 0 Å². The van der Waals surface area contributed by atoms with Crippen LogP contribution in [0, 0.1) is 0 Å². The second-order valence-corrected chi connectivity index (χ2v) is 3.25. The molecule has 0 spiro atoms. The Kier molecular flexibility index (Phi) is 2.45. The van der Waals surface area contributed by atoms with Gasteiger partial charge in [0.25, 0.3) is 0 Å². The van der Waals surface area contributed by atoms with E-state index in [-0.39, 0.29) is 0 Å². The van der Waals surface area contributed by atoms with Crippen LogP contribution in [0.5, 0.6) is 5.88 Å². The van der Waals surface area contributed by atoms with Gasteiger partial charge in [-0.05, 0) is 25.5 Å². The number of nitrogens with zero attached hydrogens (tertiary/aromatic N) is 1. The van der Waals surface area contributed by atoms with Crippen molar-refractivity contribution in [2.75, 3.05) is 13.7 Å². The summed E-state index contributed by atoms with van der Waals surface area (Å²) in [6, 6.07) is 4.47. The van der Waals surface area contributed by atoms with Crippen molar-refractivity contribution in [3.63, 3.8) is 0 Å². The minimum atomic E-state index is 0.434. The topological polar surface area (TPSA) is 34.1 Å². The minimum Gasteiger partial charge on any atom is -0.481 e. The summed E-state index contributed by atoms with van der Waals surface area (Å²) in [4.78, 5) is 4.18. The number of methoxy groups -OCH3 is 1. The van der Waals surface area contributed by atoms with Crippen molar-refractivity contribution in [1.29, 1.82) is 0 Å². The fourth-order valence-electron chi connectivity index (χ4n) is 1.79. The third-order valence-electron chi connectivity index (χ3n) is 2.43. The van der Waals surface area contributed by atoms with Crippen LogP contribution < -0.4 is 10.1 Å². The molecule has 0 bridgehead atoms. The molecular formula is C10H14N2O. The largest absolute Gasteiger partial charge is 0.481 e. The van der Waals surface area contributed by atoms with Crippen LogP contribution in [0.3, 0.4) is 0 Å². The summed E-state index contributed by atoms with van der Waals surface area (Å²) in [6.07, 6.45) is 4.18. The smallest absolute Gasteiger partial charge is 0.217 e. The van der Waals surface area contributed by atoms with Crippen LogP contribution >= 0.6 is 0 Å². The molecular weight excluding hydrogens is 164 g/mol. The van der Waals surface area contributed by atoms with Gasteiger partial charge in [-0.1, -0.05) is 6.07 Å². The van der Waals surface area contributed by atoms with Gasteiger partial charge in [0, 0.05) is 17.8 Å². The van der Waals surface area contributed by atoms with Gasteiger partial charge >= 0.3 is 0 Å². The first-order chi connectivity index (χ1) is 6.42. The molecule has 1 saturated heterocycles. The summed E-state index contributed by atoms with van der Waals surface area (Å²) in [5.74, 6) is 0.752. The van der Waals surface area contributed by atoms with Gasteiger partial charge in [0.1, 0.15) is 0 Å². The van der Waals surface area contributed by atoms with Crippen molar-refractivity contribution in [3.05, 3.63) is 23.9 Å². The number of nitrogens with one attached hydrogen (secondary N) is 1. The summed E-state index contributed by atoms with van der Waals surface area (Å²) >= 11 is 0. The number of ether oxygens (including phenoxy) is 1. The van der Waals surface area contributed by atoms with E-state index in [4.69, 9.17) is 4.74 Å². The molecule has 3 nitrogen and oxygen atoms in total. The SMILES string of the molecule is COc1ncccc1[C@@H]1CCCN1. The summed E-state index contributed by atoms with van der Waals surface area (Å²) < 4.78 is 5.21. The van der Waals surface area contributed by atoms with Crippen molar-refractivity contribution in [1.82, 2.24) is 10.3 Å². The molecule has 2 heterocycles. The highest BCUT2D eigenvalue weighted by molar-refractivity contribution is 5.29. The summed E-state index contributed by atoms with van der Waals surface area (Å²) in [5.41, 5.74) is 1.18. The van der Waals surface area contributed by atoms with Crippen LogP contribution in [0.15, 0.2) is 18.3 Å². The van der Waals surface area contributed by atoms with Crippen molar-refractivity contribution >= 4 is 0 Å². The second kappa shape index (κ2) is 3.75. The van der Waals surface area contributed by atoms with Gasteiger partial charge in [-0.25, -0.2) is 4.98 Å². The Hall–Kier alpha value is -1.09. The lowest BCUT2D eigenvalue weighted by Crippen LogP contribution is -2.14. The maximum Gasteiger partial charge on any atom is 0.217 e. The summed E-state index contributed by atoms with van der Waals surface area (Å²) in [6.45, 7) is 1.10. The Morgan fingerprint density at radius 1 is 1.62 bits per heavy atom. The first kappa shape index (κ1) is 8.51. The highest BCUT2D eigenvalue weighted by Crippen LogP contribution is 2.28. The lowest BCUT2D eigenvalue weighted by molar-refractivity contribution is 0.386. The lowest BCUT2D eigenvalue weighted by Gasteiger charge is -2.12. The van der Waals surface area contributed by atoms with E-state index in [2.05, 4.69) is 16.4 Å². The average molecular weight is 178 g/mol. The number of aromatic nitrogens is 1. The molecule has 1 aliphatic heterocycles. The summed E-state index contributed by atoms with van der Waals surface area (Å²) in [5, 5.41) is 3.43. The predicted molar refractivity (Wildman–Crippen MR) is 50.8 cm³/mol. The van der Waals surface area contributed by atoms with Crippen LogP contribution in [0.4, 0.5) is 0 Å². The van der Waals surface area contributed by atoms with E-state index in [1.165, 1.54) is 18.4 Å². The molecule has 0 aromatic carbocycles. The van der Waals surface area contributed by atoms with Crippen molar-refractivity contribution in [2.45, 2.75) is 18.9 Å². The van der Waals surface area contributed by atoms with Gasteiger partial charge < -0.3 is 10.1 Å². The van der Waals surface area contributed by atoms with Crippen LogP contribution in [0.25, 0.3) is 0 Å². The van der Waals surface area contributed by atoms with E-state index in [0.29, 0.717) is 6.04 Å². The standard InChI is InChI=1S/C10H14N2O/c1-13-10-8(4-2-7-12-10)9-5-3-6-11-9/h2,4,7,9,11H,3,5-6H2,1H3/t9-/m0/s1. The maximum absolute atomic E-state index is 5.21. The fraction of sp³-hybridized carbons (Fsp3) is 0.500. The van der Waals surface area contributed by atoms with Crippen molar-refractivity contribution in [2.24, 2.45) is 0 Å². The lowest BCUT2D eigenvalue weighted by atomic mass is 10.1. The van der Waals surface area contributed by atoms with E-state index in [1.54, 1.807) is 13.3 Å². The monoisotopic (exact) mass is 178 g/mol. The molecule has 1 aliphatic rings. The molecule has 0 amide bonds. The van der Waals surface area contributed by atoms with E-state index >= 15 is 0 Å². The molecule has 0 radical (unpaired) electrons. The minimum absolute atomic E-state index is 0.434. The molecule has 0 aliphatic carbocycles. The molecule has 1 aromatic rings. The van der Waals surface area contributed by atoms with Gasteiger partial charge in [0.15, 0.2) is 0 Å². The average Bonchev–Trinajstić information content (AvgIpc) is 2.70. The molecule has 1 N–H and O–H groups in total. The van der Waals surface area contributed by atoms with E-state index in [9.17, 15) is 0 Å². The Morgan fingerprint density at radius 2 is 2.54 bits per heavy atom. The van der Waals surface area contributed by atoms with Crippen LogP contribution in [0.1, 0.15) is 24.4 Å². The molecule has 3 heteroatoms. The van der Waals surface area contributed by atoms with Gasteiger partial charge in [-0.15, -0.1) is 0 Å². The van der Waals surface area contributed by atoms with Crippen LogP contribution in [0.2, 0.25) is 0 Å². The van der Waals surface area contributed by atoms with E-state index in [0.717, 1.165) is 12.4 Å². The van der Waals surface area contributed by atoms with Gasteiger partial charge in [-0.2, -0.15) is 0 Å². The zero-order valence-corrected chi connectivity index (χ0v) is 7.79. The molecule has 0 unspecified atom stereocenters. The van der Waals surface area contributed by atoms with Gasteiger partial charge in [0.05, 0.1) is 7.11 Å². The van der Waals surface area contributed by atoms with Crippen LogP contribution in [-0.4, -0.2) is 18.6 Å². The maximum atomic E-state index is 5.21. The summed E-state index contributed by atoms with van der Waals surface area (Å²) in [7, 11) is 1.67. The number of hydrogen-bond donors (Lipinski definition) is 1. The van der Waals surface area contributed by atoms with Crippen molar-refractivity contribution in [3.8, 4) is 5.88 Å².